The molecule has 2 aliphatic rings. The summed E-state index contributed by atoms with van der Waals surface area (Å²) in [6, 6.07) is 71.5. The highest BCUT2D eigenvalue weighted by Crippen LogP contribution is 2.63. The van der Waals surface area contributed by atoms with E-state index in [0.29, 0.717) is 0 Å². The highest BCUT2D eigenvalue weighted by Gasteiger charge is 2.51. The van der Waals surface area contributed by atoms with E-state index < -0.39 is 5.41 Å². The third-order valence-electron chi connectivity index (χ3n) is 12.7. The Morgan fingerprint density at radius 1 is 0.474 bits per heavy atom. The maximum atomic E-state index is 6.77. The molecule has 0 N–H and O–H groups in total. The first-order chi connectivity index (χ1) is 28.2. The molecule has 1 spiro atoms. The summed E-state index contributed by atoms with van der Waals surface area (Å²) in [4.78, 5) is 2.40. The van der Waals surface area contributed by atoms with E-state index in [4.69, 9.17) is 4.42 Å². The molecule has 0 saturated heterocycles. The van der Waals surface area contributed by atoms with Gasteiger partial charge in [0.2, 0.25) is 0 Å². The van der Waals surface area contributed by atoms with Crippen molar-refractivity contribution in [1.29, 1.82) is 0 Å². The largest absolute Gasteiger partial charge is 0.454 e. The molecule has 2 aliphatic carbocycles. The Morgan fingerprint density at radius 3 is 1.91 bits per heavy atom. The molecule has 2 heteroatoms. The van der Waals surface area contributed by atoms with Gasteiger partial charge in [0.25, 0.3) is 0 Å². The molecule has 1 aromatic heterocycles. The Hall–Kier alpha value is -7.16. The van der Waals surface area contributed by atoms with Gasteiger partial charge >= 0.3 is 0 Å². The summed E-state index contributed by atoms with van der Waals surface area (Å²) >= 11 is 0. The molecule has 12 rings (SSSR count). The van der Waals surface area contributed by atoms with Crippen molar-refractivity contribution >= 4 is 49.8 Å². The van der Waals surface area contributed by atoms with Crippen LogP contribution in [0.5, 0.6) is 0 Å². The van der Waals surface area contributed by atoms with Crippen LogP contribution in [0.1, 0.15) is 34.7 Å². The zero-order valence-corrected chi connectivity index (χ0v) is 31.5. The maximum absolute atomic E-state index is 6.77. The molecular weight excluding hydrogens is 691 g/mol. The summed E-state index contributed by atoms with van der Waals surface area (Å²) in [5.74, 6) is 0. The normalized spacial score (nSPS) is 14.9. The molecule has 57 heavy (non-hydrogen) atoms. The number of anilines is 3. The molecule has 9 aromatic carbocycles. The number of benzene rings is 9. The van der Waals surface area contributed by atoms with E-state index in [1.807, 2.05) is 6.07 Å². The second kappa shape index (κ2) is 12.2. The molecular formula is C55H37NO. The van der Waals surface area contributed by atoms with E-state index in [1.54, 1.807) is 0 Å². The molecule has 268 valence electrons. The highest BCUT2D eigenvalue weighted by molar-refractivity contribution is 6.11. The topological polar surface area (TPSA) is 16.4 Å². The number of para-hydroxylation sites is 2. The second-order valence-corrected chi connectivity index (χ2v) is 15.4. The fraction of sp³-hybridized carbons (Fsp3) is 0.0545. The standard InChI is InChI=1S/C55H37NO/c1-2-35-26-27-38-16-12-20-45-42-18-7-10-23-48(42)55(53(35)52(38)45)47-22-9-6-17-41(47)43-33-32-40(34-49(43)55)56(39-30-28-37(29-31-39)36-14-4-3-5-15-36)50-24-13-21-46-44-19-8-11-25-51(44)57-54(46)50/h3-34H,2H2,1H3. The van der Waals surface area contributed by atoms with Crippen LogP contribution in [-0.4, -0.2) is 0 Å². The van der Waals surface area contributed by atoms with Gasteiger partial charge in [-0.1, -0.05) is 165 Å². The van der Waals surface area contributed by atoms with Crippen molar-refractivity contribution in [2.75, 3.05) is 4.90 Å². The van der Waals surface area contributed by atoms with Crippen molar-refractivity contribution < 1.29 is 4.42 Å². The van der Waals surface area contributed by atoms with Gasteiger partial charge in [0, 0.05) is 22.1 Å². The monoisotopic (exact) mass is 727 g/mol. The molecule has 1 atom stereocenters. The summed E-state index contributed by atoms with van der Waals surface area (Å²) in [5, 5.41) is 4.88. The Morgan fingerprint density at radius 2 is 1.11 bits per heavy atom. The molecule has 0 bridgehead atoms. The Kier molecular flexibility index (Phi) is 6.86. The van der Waals surface area contributed by atoms with Crippen LogP contribution in [0.15, 0.2) is 199 Å². The van der Waals surface area contributed by atoms with Crippen LogP contribution >= 0.6 is 0 Å². The number of furan rings is 1. The number of hydrogen-bond donors (Lipinski definition) is 0. The fourth-order valence-electron chi connectivity index (χ4n) is 10.3. The Balaban J connectivity index is 1.17. The SMILES string of the molecule is CCc1ccc2cccc3c2c1C1(c2ccccc2-c2ccc(N(c4ccc(-c5ccccc5)cc4)c4cccc5c4oc4ccccc45)cc21)c1ccccc1-3. The van der Waals surface area contributed by atoms with Crippen LogP contribution in [0, 0.1) is 0 Å². The van der Waals surface area contributed by atoms with Gasteiger partial charge in [-0.05, 0) is 115 Å². The third kappa shape index (κ3) is 4.41. The van der Waals surface area contributed by atoms with Crippen LogP contribution in [0.4, 0.5) is 17.1 Å². The van der Waals surface area contributed by atoms with E-state index in [0.717, 1.165) is 45.4 Å². The van der Waals surface area contributed by atoms with Crippen molar-refractivity contribution in [2.45, 2.75) is 18.8 Å². The minimum Gasteiger partial charge on any atom is -0.454 e. The molecule has 0 saturated carbocycles. The minimum absolute atomic E-state index is 0.522. The zero-order valence-electron chi connectivity index (χ0n) is 31.5. The lowest BCUT2D eigenvalue weighted by Gasteiger charge is -2.41. The van der Waals surface area contributed by atoms with Gasteiger partial charge in [0.15, 0.2) is 5.58 Å². The molecule has 1 unspecified atom stereocenters. The smallest absolute Gasteiger partial charge is 0.159 e. The van der Waals surface area contributed by atoms with E-state index in [9.17, 15) is 0 Å². The van der Waals surface area contributed by atoms with Gasteiger partial charge in [-0.15, -0.1) is 0 Å². The molecule has 0 radical (unpaired) electrons. The van der Waals surface area contributed by atoms with Crippen LogP contribution < -0.4 is 4.90 Å². The van der Waals surface area contributed by atoms with Crippen LogP contribution in [0.2, 0.25) is 0 Å². The number of fused-ring (bicyclic) bond motifs is 12. The van der Waals surface area contributed by atoms with Gasteiger partial charge in [-0.2, -0.15) is 0 Å². The highest BCUT2D eigenvalue weighted by atomic mass is 16.3. The first-order valence-electron chi connectivity index (χ1n) is 20.0. The molecule has 0 amide bonds. The second-order valence-electron chi connectivity index (χ2n) is 15.4. The predicted molar refractivity (Wildman–Crippen MR) is 237 cm³/mol. The van der Waals surface area contributed by atoms with Gasteiger partial charge in [-0.25, -0.2) is 0 Å². The third-order valence-corrected chi connectivity index (χ3v) is 12.7. The Labute approximate surface area is 331 Å². The van der Waals surface area contributed by atoms with Crippen molar-refractivity contribution in [2.24, 2.45) is 0 Å². The van der Waals surface area contributed by atoms with E-state index in [1.165, 1.54) is 72.0 Å². The van der Waals surface area contributed by atoms with Crippen LogP contribution in [-0.2, 0) is 11.8 Å². The first-order valence-corrected chi connectivity index (χ1v) is 20.0. The summed E-state index contributed by atoms with van der Waals surface area (Å²) in [6.07, 6.45) is 0.939. The van der Waals surface area contributed by atoms with Gasteiger partial charge in [-0.3, -0.25) is 0 Å². The minimum atomic E-state index is -0.522. The van der Waals surface area contributed by atoms with Crippen molar-refractivity contribution in [3.63, 3.8) is 0 Å². The summed E-state index contributed by atoms with van der Waals surface area (Å²) in [7, 11) is 0. The Bertz CT molecular complexity index is 3230. The van der Waals surface area contributed by atoms with E-state index in [-0.39, 0.29) is 0 Å². The van der Waals surface area contributed by atoms with Gasteiger partial charge in [0.1, 0.15) is 5.58 Å². The van der Waals surface area contributed by atoms with Gasteiger partial charge in [0.05, 0.1) is 11.1 Å². The lowest BCUT2D eigenvalue weighted by molar-refractivity contribution is 0.669. The predicted octanol–water partition coefficient (Wildman–Crippen LogP) is 14.8. The maximum Gasteiger partial charge on any atom is 0.159 e. The van der Waals surface area contributed by atoms with Gasteiger partial charge < -0.3 is 9.32 Å². The van der Waals surface area contributed by atoms with Crippen LogP contribution in [0.3, 0.4) is 0 Å². The lowest BCUT2D eigenvalue weighted by atomic mass is 9.60. The first kappa shape index (κ1) is 32.1. The summed E-state index contributed by atoms with van der Waals surface area (Å²) < 4.78 is 6.77. The average Bonchev–Trinajstić information content (AvgIpc) is 3.80. The van der Waals surface area contributed by atoms with Crippen molar-refractivity contribution in [3.8, 4) is 33.4 Å². The van der Waals surface area contributed by atoms with Crippen molar-refractivity contribution in [1.82, 2.24) is 0 Å². The number of aryl methyl sites for hydroxylation is 1. The zero-order chi connectivity index (χ0) is 37.7. The lowest BCUT2D eigenvalue weighted by Crippen LogP contribution is -2.33. The molecule has 1 heterocycles. The summed E-state index contributed by atoms with van der Waals surface area (Å²) in [6.45, 7) is 2.31. The number of hydrogen-bond acceptors (Lipinski definition) is 2. The number of rotatable bonds is 5. The average molecular weight is 728 g/mol. The van der Waals surface area contributed by atoms with Crippen molar-refractivity contribution in [3.05, 3.63) is 222 Å². The van der Waals surface area contributed by atoms with E-state index >= 15 is 0 Å². The quantitative estimate of drug-likeness (QED) is 0.175. The summed E-state index contributed by atoms with van der Waals surface area (Å²) in [5.41, 5.74) is 18.8. The molecule has 0 aliphatic heterocycles. The fourth-order valence-corrected chi connectivity index (χ4v) is 10.3. The van der Waals surface area contributed by atoms with Crippen LogP contribution in [0.25, 0.3) is 66.1 Å². The molecule has 2 nitrogen and oxygen atoms in total. The van der Waals surface area contributed by atoms with E-state index in [2.05, 4.69) is 200 Å². The molecule has 0 fully saturated rings. The number of nitrogens with zero attached hydrogens (tertiary/aromatic N) is 1. The molecule has 10 aromatic rings.